The number of rotatable bonds is 4. The van der Waals surface area contributed by atoms with Crippen molar-refractivity contribution in [1.29, 1.82) is 0 Å². The van der Waals surface area contributed by atoms with Crippen molar-refractivity contribution in [2.45, 2.75) is 19.3 Å². The average Bonchev–Trinajstić information content (AvgIpc) is 3.12. The highest BCUT2D eigenvalue weighted by Gasteiger charge is 2.32. The first kappa shape index (κ1) is 17.9. The lowest BCUT2D eigenvalue weighted by Crippen LogP contribution is -2.46. The zero-order valence-corrected chi connectivity index (χ0v) is 15.2. The van der Waals surface area contributed by atoms with E-state index in [0.29, 0.717) is 29.8 Å². The second-order valence-electron chi connectivity index (χ2n) is 6.86. The van der Waals surface area contributed by atoms with Gasteiger partial charge in [0.2, 0.25) is 17.7 Å². The Morgan fingerprint density at radius 3 is 2.43 bits per heavy atom. The number of amides is 4. The molecule has 1 saturated heterocycles. The van der Waals surface area contributed by atoms with E-state index in [0.717, 1.165) is 17.0 Å². The van der Waals surface area contributed by atoms with Gasteiger partial charge in [-0.25, -0.2) is 0 Å². The average molecular weight is 377 g/mol. The van der Waals surface area contributed by atoms with Gasteiger partial charge in [-0.05, 0) is 42.3 Å². The Hall–Kier alpha value is -3.48. The summed E-state index contributed by atoms with van der Waals surface area (Å²) in [7, 11) is 0. The third kappa shape index (κ3) is 3.38. The fourth-order valence-electron chi connectivity index (χ4n) is 3.55. The minimum absolute atomic E-state index is 0.0965. The molecule has 2 aromatic rings. The molecule has 0 saturated carbocycles. The van der Waals surface area contributed by atoms with Crippen LogP contribution < -0.4 is 10.2 Å². The molecule has 28 heavy (non-hydrogen) atoms. The van der Waals surface area contributed by atoms with Crippen LogP contribution in [0.1, 0.15) is 28.8 Å². The van der Waals surface area contributed by atoms with Crippen LogP contribution in [0.25, 0.3) is 0 Å². The van der Waals surface area contributed by atoms with Gasteiger partial charge in [-0.3, -0.25) is 24.1 Å². The highest BCUT2D eigenvalue weighted by atomic mass is 16.2. The molecule has 0 spiro atoms. The number of nitrogens with one attached hydrogen (secondary N) is 1. The molecular weight excluding hydrogens is 358 g/mol. The second kappa shape index (κ2) is 7.26. The number of nitrogens with zero attached hydrogens (tertiary/aromatic N) is 2. The zero-order chi connectivity index (χ0) is 19.7. The van der Waals surface area contributed by atoms with Crippen LogP contribution >= 0.6 is 0 Å². The lowest BCUT2D eigenvalue weighted by molar-refractivity contribution is -0.131. The first-order valence-electron chi connectivity index (χ1n) is 9.16. The van der Waals surface area contributed by atoms with E-state index in [1.807, 2.05) is 0 Å². The summed E-state index contributed by atoms with van der Waals surface area (Å²) in [5.41, 5.74) is 2.46. The van der Waals surface area contributed by atoms with Crippen LogP contribution in [0.2, 0.25) is 0 Å². The molecule has 0 aromatic heterocycles. The van der Waals surface area contributed by atoms with Crippen molar-refractivity contribution in [2.24, 2.45) is 0 Å². The maximum atomic E-state index is 12.5. The molecule has 1 N–H and O–H groups in total. The summed E-state index contributed by atoms with van der Waals surface area (Å²) in [4.78, 5) is 51.6. The summed E-state index contributed by atoms with van der Waals surface area (Å²) in [6.45, 7) is 0.365. The monoisotopic (exact) mass is 377 g/mol. The number of hydrogen-bond acceptors (Lipinski definition) is 4. The van der Waals surface area contributed by atoms with Crippen LogP contribution in [0.4, 0.5) is 11.4 Å². The van der Waals surface area contributed by atoms with E-state index >= 15 is 0 Å². The normalized spacial score (nSPS) is 16.4. The molecule has 142 valence electrons. The van der Waals surface area contributed by atoms with Crippen LogP contribution in [0, 0.1) is 0 Å². The molecule has 2 aliphatic rings. The number of imide groups is 1. The van der Waals surface area contributed by atoms with Crippen molar-refractivity contribution in [3.63, 3.8) is 0 Å². The quantitative estimate of drug-likeness (QED) is 0.826. The molecule has 2 heterocycles. The van der Waals surface area contributed by atoms with Gasteiger partial charge in [0, 0.05) is 29.9 Å². The summed E-state index contributed by atoms with van der Waals surface area (Å²) in [6.07, 6.45) is 1.51. The standard InChI is InChI=1S/C21H19N3O4/c25-18(13-24-20(27)12-14-4-1-2-5-17(14)21(24)28)22-15-7-9-16(10-8-15)23-11-3-6-19(23)26/h1-2,4-5,7-10H,3,6,11-13H2,(H,22,25). The molecule has 7 heteroatoms. The first-order valence-corrected chi connectivity index (χ1v) is 9.16. The van der Waals surface area contributed by atoms with Gasteiger partial charge in [0.25, 0.3) is 5.91 Å². The fraction of sp³-hybridized carbons (Fsp3) is 0.238. The largest absolute Gasteiger partial charge is 0.325 e. The third-order valence-corrected chi connectivity index (χ3v) is 4.97. The van der Waals surface area contributed by atoms with Crippen molar-refractivity contribution in [1.82, 2.24) is 4.90 Å². The number of carbonyl (C=O) groups excluding carboxylic acids is 4. The Morgan fingerprint density at radius 2 is 1.71 bits per heavy atom. The minimum atomic E-state index is -0.454. The number of carbonyl (C=O) groups is 4. The molecule has 0 bridgehead atoms. The Morgan fingerprint density at radius 1 is 0.964 bits per heavy atom. The Bertz CT molecular complexity index is 968. The van der Waals surface area contributed by atoms with Crippen molar-refractivity contribution >= 4 is 35.0 Å². The molecular formula is C21H19N3O4. The van der Waals surface area contributed by atoms with Crippen molar-refractivity contribution in [3.8, 4) is 0 Å². The maximum Gasteiger partial charge on any atom is 0.261 e. The Kier molecular flexibility index (Phi) is 4.65. The highest BCUT2D eigenvalue weighted by Crippen LogP contribution is 2.23. The molecule has 7 nitrogen and oxygen atoms in total. The summed E-state index contributed by atoms with van der Waals surface area (Å²) in [5, 5.41) is 2.69. The van der Waals surface area contributed by atoms with E-state index in [4.69, 9.17) is 0 Å². The smallest absolute Gasteiger partial charge is 0.261 e. The van der Waals surface area contributed by atoms with Crippen LogP contribution in [-0.4, -0.2) is 41.6 Å². The van der Waals surface area contributed by atoms with Crippen molar-refractivity contribution in [3.05, 3.63) is 59.7 Å². The number of fused-ring (bicyclic) bond motifs is 1. The summed E-state index contributed by atoms with van der Waals surface area (Å²) < 4.78 is 0. The van der Waals surface area contributed by atoms with Gasteiger partial charge in [0.15, 0.2) is 0 Å². The molecule has 0 radical (unpaired) electrons. The molecule has 0 unspecified atom stereocenters. The van der Waals surface area contributed by atoms with Gasteiger partial charge in [-0.1, -0.05) is 18.2 Å². The topological polar surface area (TPSA) is 86.8 Å². The van der Waals surface area contributed by atoms with Gasteiger partial charge < -0.3 is 10.2 Å². The SMILES string of the molecule is O=C(CN1C(=O)Cc2ccccc2C1=O)Nc1ccc(N2CCCC2=O)cc1. The van der Waals surface area contributed by atoms with Crippen LogP contribution in [0.15, 0.2) is 48.5 Å². The molecule has 0 aliphatic carbocycles. The van der Waals surface area contributed by atoms with E-state index in [1.54, 1.807) is 53.4 Å². The van der Waals surface area contributed by atoms with E-state index in [2.05, 4.69) is 5.32 Å². The Labute approximate surface area is 161 Å². The van der Waals surface area contributed by atoms with Crippen LogP contribution in [-0.2, 0) is 20.8 Å². The lowest BCUT2D eigenvalue weighted by Gasteiger charge is -2.26. The van der Waals surface area contributed by atoms with E-state index in [1.165, 1.54) is 0 Å². The Balaban J connectivity index is 1.41. The summed E-state index contributed by atoms with van der Waals surface area (Å²) in [5.74, 6) is -1.20. The van der Waals surface area contributed by atoms with Gasteiger partial charge >= 0.3 is 0 Å². The lowest BCUT2D eigenvalue weighted by atomic mass is 9.98. The molecule has 4 rings (SSSR count). The van der Waals surface area contributed by atoms with Gasteiger partial charge in [0.1, 0.15) is 6.54 Å². The zero-order valence-electron chi connectivity index (χ0n) is 15.2. The number of anilines is 2. The van der Waals surface area contributed by atoms with Gasteiger partial charge in [-0.2, -0.15) is 0 Å². The van der Waals surface area contributed by atoms with E-state index in [-0.39, 0.29) is 24.8 Å². The first-order chi connectivity index (χ1) is 13.5. The molecule has 2 aliphatic heterocycles. The summed E-state index contributed by atoms with van der Waals surface area (Å²) in [6, 6.07) is 13.9. The molecule has 2 aromatic carbocycles. The fourth-order valence-corrected chi connectivity index (χ4v) is 3.55. The third-order valence-electron chi connectivity index (χ3n) is 4.97. The van der Waals surface area contributed by atoms with Crippen molar-refractivity contribution in [2.75, 3.05) is 23.3 Å². The summed E-state index contributed by atoms with van der Waals surface area (Å²) >= 11 is 0. The predicted molar refractivity (Wildman–Crippen MR) is 103 cm³/mol. The number of benzene rings is 2. The maximum absolute atomic E-state index is 12.5. The van der Waals surface area contributed by atoms with Crippen LogP contribution in [0.5, 0.6) is 0 Å². The second-order valence-corrected chi connectivity index (χ2v) is 6.86. The van der Waals surface area contributed by atoms with E-state index < -0.39 is 11.8 Å². The van der Waals surface area contributed by atoms with Crippen molar-refractivity contribution < 1.29 is 19.2 Å². The van der Waals surface area contributed by atoms with Gasteiger partial charge in [0.05, 0.1) is 6.42 Å². The number of hydrogen-bond donors (Lipinski definition) is 1. The predicted octanol–water partition coefficient (Wildman–Crippen LogP) is 1.98. The van der Waals surface area contributed by atoms with Crippen LogP contribution in [0.3, 0.4) is 0 Å². The molecule has 1 fully saturated rings. The van der Waals surface area contributed by atoms with Gasteiger partial charge in [-0.15, -0.1) is 0 Å². The minimum Gasteiger partial charge on any atom is -0.325 e. The highest BCUT2D eigenvalue weighted by molar-refractivity contribution is 6.12. The molecule has 4 amide bonds. The molecule has 0 atom stereocenters. The van der Waals surface area contributed by atoms with E-state index in [9.17, 15) is 19.2 Å².